The largest absolute Gasteiger partial charge is 0.481 e. The van der Waals surface area contributed by atoms with Crippen molar-refractivity contribution in [1.82, 2.24) is 10.6 Å². The van der Waals surface area contributed by atoms with Gasteiger partial charge in [-0.15, -0.1) is 0 Å². The van der Waals surface area contributed by atoms with E-state index in [-0.39, 0.29) is 18.0 Å². The second-order valence-electron chi connectivity index (χ2n) is 5.32. The van der Waals surface area contributed by atoms with Crippen molar-refractivity contribution in [3.05, 3.63) is 35.9 Å². The second kappa shape index (κ2) is 6.41. The number of aliphatic carboxylic acids is 1. The standard InChI is InChI=1S/C15H20N2O3/c18-13(19)7-4-10-16-14(20)17-15(8-9-15)11-12-5-2-1-3-6-12/h1-3,5-6H,4,7-11H2,(H,18,19)(H2,16,17,20). The van der Waals surface area contributed by atoms with E-state index >= 15 is 0 Å². The molecule has 0 saturated heterocycles. The van der Waals surface area contributed by atoms with Crippen LogP contribution in [-0.2, 0) is 11.2 Å². The molecule has 1 saturated carbocycles. The number of amides is 2. The average molecular weight is 276 g/mol. The number of benzene rings is 1. The molecule has 5 nitrogen and oxygen atoms in total. The van der Waals surface area contributed by atoms with Crippen LogP contribution in [0.1, 0.15) is 31.2 Å². The van der Waals surface area contributed by atoms with Crippen LogP contribution in [0.2, 0.25) is 0 Å². The van der Waals surface area contributed by atoms with Crippen molar-refractivity contribution in [2.24, 2.45) is 0 Å². The molecule has 1 aliphatic rings. The van der Waals surface area contributed by atoms with Crippen LogP contribution in [0.3, 0.4) is 0 Å². The van der Waals surface area contributed by atoms with Crippen LogP contribution in [0, 0.1) is 0 Å². The van der Waals surface area contributed by atoms with Crippen LogP contribution < -0.4 is 10.6 Å². The first kappa shape index (κ1) is 14.4. The molecule has 20 heavy (non-hydrogen) atoms. The van der Waals surface area contributed by atoms with Gasteiger partial charge in [0.2, 0.25) is 0 Å². The highest BCUT2D eigenvalue weighted by Gasteiger charge is 2.43. The van der Waals surface area contributed by atoms with Gasteiger partial charge in [0.25, 0.3) is 0 Å². The fourth-order valence-corrected chi connectivity index (χ4v) is 2.21. The molecule has 108 valence electrons. The van der Waals surface area contributed by atoms with Gasteiger partial charge in [0.15, 0.2) is 0 Å². The summed E-state index contributed by atoms with van der Waals surface area (Å²) >= 11 is 0. The summed E-state index contributed by atoms with van der Waals surface area (Å²) < 4.78 is 0. The Morgan fingerprint density at radius 1 is 1.20 bits per heavy atom. The number of carboxylic acids is 1. The number of urea groups is 1. The van der Waals surface area contributed by atoms with E-state index in [1.165, 1.54) is 5.56 Å². The van der Waals surface area contributed by atoms with Crippen molar-refractivity contribution < 1.29 is 14.7 Å². The van der Waals surface area contributed by atoms with Crippen LogP contribution in [0.15, 0.2) is 30.3 Å². The van der Waals surface area contributed by atoms with Crippen LogP contribution in [-0.4, -0.2) is 29.2 Å². The molecule has 1 fully saturated rings. The first-order chi connectivity index (χ1) is 9.60. The summed E-state index contributed by atoms with van der Waals surface area (Å²) in [5.41, 5.74) is 1.11. The Morgan fingerprint density at radius 2 is 1.90 bits per heavy atom. The van der Waals surface area contributed by atoms with E-state index in [9.17, 15) is 9.59 Å². The predicted molar refractivity (Wildman–Crippen MR) is 75.5 cm³/mol. The lowest BCUT2D eigenvalue weighted by Gasteiger charge is -2.18. The molecule has 1 aromatic rings. The molecule has 0 spiro atoms. The fourth-order valence-electron chi connectivity index (χ4n) is 2.21. The lowest BCUT2D eigenvalue weighted by atomic mass is 10.0. The van der Waals surface area contributed by atoms with E-state index in [1.807, 2.05) is 18.2 Å². The Kier molecular flexibility index (Phi) is 4.61. The van der Waals surface area contributed by atoms with E-state index in [1.54, 1.807) is 0 Å². The molecule has 5 heteroatoms. The van der Waals surface area contributed by atoms with Gasteiger partial charge in [0.05, 0.1) is 0 Å². The first-order valence-corrected chi connectivity index (χ1v) is 6.91. The molecule has 0 aliphatic heterocycles. The van der Waals surface area contributed by atoms with Crippen molar-refractivity contribution in [2.45, 2.75) is 37.6 Å². The fraction of sp³-hybridized carbons (Fsp3) is 0.467. The van der Waals surface area contributed by atoms with Gasteiger partial charge in [-0.2, -0.15) is 0 Å². The van der Waals surface area contributed by atoms with Crippen LogP contribution in [0.5, 0.6) is 0 Å². The van der Waals surface area contributed by atoms with Gasteiger partial charge < -0.3 is 15.7 Å². The zero-order valence-corrected chi connectivity index (χ0v) is 11.4. The van der Waals surface area contributed by atoms with Crippen molar-refractivity contribution in [1.29, 1.82) is 0 Å². The number of nitrogens with one attached hydrogen (secondary N) is 2. The molecule has 2 rings (SSSR count). The highest BCUT2D eigenvalue weighted by Crippen LogP contribution is 2.38. The number of carbonyl (C=O) groups is 2. The Balaban J connectivity index is 1.72. The third-order valence-corrected chi connectivity index (χ3v) is 3.47. The van der Waals surface area contributed by atoms with Gasteiger partial charge in [-0.05, 0) is 31.2 Å². The smallest absolute Gasteiger partial charge is 0.315 e. The molecule has 3 N–H and O–H groups in total. The number of hydrogen-bond donors (Lipinski definition) is 3. The van der Waals surface area contributed by atoms with E-state index in [0.29, 0.717) is 13.0 Å². The van der Waals surface area contributed by atoms with Gasteiger partial charge in [-0.1, -0.05) is 30.3 Å². The summed E-state index contributed by atoms with van der Waals surface area (Å²) in [6, 6.07) is 9.89. The lowest BCUT2D eigenvalue weighted by molar-refractivity contribution is -0.137. The molecule has 0 bridgehead atoms. The molecule has 1 aliphatic carbocycles. The topological polar surface area (TPSA) is 78.4 Å². The molecule has 0 unspecified atom stereocenters. The van der Waals surface area contributed by atoms with E-state index < -0.39 is 5.97 Å². The molecule has 0 aromatic heterocycles. The van der Waals surface area contributed by atoms with Gasteiger partial charge in [-0.3, -0.25) is 4.79 Å². The number of carboxylic acid groups (broad SMARTS) is 1. The van der Waals surface area contributed by atoms with Gasteiger partial charge in [0, 0.05) is 18.5 Å². The summed E-state index contributed by atoms with van der Waals surface area (Å²) in [5, 5.41) is 14.2. The quantitative estimate of drug-likeness (QED) is 0.666. The minimum atomic E-state index is -0.838. The van der Waals surface area contributed by atoms with Gasteiger partial charge >= 0.3 is 12.0 Å². The minimum absolute atomic E-state index is 0.0788. The zero-order valence-electron chi connectivity index (χ0n) is 11.4. The summed E-state index contributed by atoms with van der Waals surface area (Å²) in [4.78, 5) is 22.1. The number of carbonyl (C=O) groups excluding carboxylic acids is 1. The second-order valence-corrected chi connectivity index (χ2v) is 5.32. The van der Waals surface area contributed by atoms with Gasteiger partial charge in [-0.25, -0.2) is 4.79 Å². The zero-order chi connectivity index (χ0) is 14.4. The van der Waals surface area contributed by atoms with Crippen LogP contribution in [0.4, 0.5) is 4.79 Å². The Morgan fingerprint density at radius 3 is 2.50 bits per heavy atom. The molecule has 0 heterocycles. The van der Waals surface area contributed by atoms with E-state index in [0.717, 1.165) is 19.3 Å². The SMILES string of the molecule is O=C(O)CCCNC(=O)NC1(Cc2ccccc2)CC1. The maximum Gasteiger partial charge on any atom is 0.315 e. The molecule has 1 aromatic carbocycles. The third-order valence-electron chi connectivity index (χ3n) is 3.47. The highest BCUT2D eigenvalue weighted by atomic mass is 16.4. The van der Waals surface area contributed by atoms with Gasteiger partial charge in [0.1, 0.15) is 0 Å². The number of hydrogen-bond acceptors (Lipinski definition) is 2. The maximum absolute atomic E-state index is 11.8. The van der Waals surface area contributed by atoms with E-state index in [4.69, 9.17) is 5.11 Å². The summed E-state index contributed by atoms with van der Waals surface area (Å²) in [6.07, 6.45) is 3.36. The van der Waals surface area contributed by atoms with Crippen molar-refractivity contribution in [2.75, 3.05) is 6.54 Å². The third kappa shape index (κ3) is 4.57. The van der Waals surface area contributed by atoms with Crippen LogP contribution >= 0.6 is 0 Å². The summed E-state index contributed by atoms with van der Waals surface area (Å²) in [5.74, 6) is -0.838. The van der Waals surface area contributed by atoms with Crippen LogP contribution in [0.25, 0.3) is 0 Å². The number of rotatable bonds is 7. The lowest BCUT2D eigenvalue weighted by Crippen LogP contribution is -2.45. The summed E-state index contributed by atoms with van der Waals surface area (Å²) in [7, 11) is 0. The Hall–Kier alpha value is -2.04. The molecule has 0 radical (unpaired) electrons. The van der Waals surface area contributed by atoms with Crippen molar-refractivity contribution in [3.8, 4) is 0 Å². The molecule has 2 amide bonds. The maximum atomic E-state index is 11.8. The average Bonchev–Trinajstić information content (AvgIpc) is 3.15. The van der Waals surface area contributed by atoms with E-state index in [2.05, 4.69) is 22.8 Å². The predicted octanol–water partition coefficient (Wildman–Crippen LogP) is 1.93. The summed E-state index contributed by atoms with van der Waals surface area (Å²) in [6.45, 7) is 0.388. The monoisotopic (exact) mass is 276 g/mol. The Labute approximate surface area is 118 Å². The normalized spacial score (nSPS) is 15.4. The molecular weight excluding hydrogens is 256 g/mol. The molecule has 0 atom stereocenters. The highest BCUT2D eigenvalue weighted by molar-refractivity contribution is 5.75. The van der Waals surface area contributed by atoms with Crippen molar-refractivity contribution in [3.63, 3.8) is 0 Å². The minimum Gasteiger partial charge on any atom is -0.481 e. The van der Waals surface area contributed by atoms with Crippen molar-refractivity contribution >= 4 is 12.0 Å². The Bertz CT molecular complexity index is 469. The first-order valence-electron chi connectivity index (χ1n) is 6.91. The molecular formula is C15H20N2O3.